The molecule has 6 nitrogen and oxygen atoms in total. The Morgan fingerprint density at radius 2 is 1.69 bits per heavy atom. The lowest BCUT2D eigenvalue weighted by Gasteiger charge is -2.27. The summed E-state index contributed by atoms with van der Waals surface area (Å²) in [6.45, 7) is 0. The van der Waals surface area contributed by atoms with Crippen molar-refractivity contribution in [1.82, 2.24) is 10.2 Å². The van der Waals surface area contributed by atoms with Crippen LogP contribution in [0.5, 0.6) is 0 Å². The highest BCUT2D eigenvalue weighted by molar-refractivity contribution is 6.24. The SMILES string of the molecule is O=C1CCC(N2C(=O)c3cccc(Cc4ccccc4)c3C2=O)C(=O)N1. The summed E-state index contributed by atoms with van der Waals surface area (Å²) in [6.07, 6.45) is 0.789. The summed E-state index contributed by atoms with van der Waals surface area (Å²) in [7, 11) is 0. The van der Waals surface area contributed by atoms with Crippen molar-refractivity contribution < 1.29 is 19.2 Å². The van der Waals surface area contributed by atoms with E-state index in [1.165, 1.54) is 0 Å². The molecule has 2 aliphatic heterocycles. The van der Waals surface area contributed by atoms with Gasteiger partial charge in [-0.25, -0.2) is 0 Å². The zero-order chi connectivity index (χ0) is 18.3. The van der Waals surface area contributed by atoms with E-state index in [0.29, 0.717) is 17.5 Å². The first kappa shape index (κ1) is 16.2. The maximum atomic E-state index is 13.0. The minimum atomic E-state index is -0.940. The van der Waals surface area contributed by atoms with Crippen LogP contribution in [0, 0.1) is 0 Å². The number of carbonyl (C=O) groups excluding carboxylic acids is 4. The zero-order valence-corrected chi connectivity index (χ0v) is 13.9. The minimum absolute atomic E-state index is 0.112. The fourth-order valence-electron chi connectivity index (χ4n) is 3.55. The number of imide groups is 2. The predicted molar refractivity (Wildman–Crippen MR) is 92.4 cm³/mol. The highest BCUT2D eigenvalue weighted by atomic mass is 16.2. The molecule has 1 N–H and O–H groups in total. The van der Waals surface area contributed by atoms with Crippen LogP contribution in [-0.4, -0.2) is 34.6 Å². The third-order valence-electron chi connectivity index (χ3n) is 4.79. The van der Waals surface area contributed by atoms with Crippen molar-refractivity contribution in [3.05, 3.63) is 70.8 Å². The average molecular weight is 348 g/mol. The van der Waals surface area contributed by atoms with Gasteiger partial charge in [-0.1, -0.05) is 42.5 Å². The van der Waals surface area contributed by atoms with E-state index < -0.39 is 23.8 Å². The monoisotopic (exact) mass is 348 g/mol. The highest BCUT2D eigenvalue weighted by Crippen LogP contribution is 2.30. The summed E-state index contributed by atoms with van der Waals surface area (Å²) in [5.41, 5.74) is 2.45. The van der Waals surface area contributed by atoms with E-state index in [-0.39, 0.29) is 18.7 Å². The predicted octanol–water partition coefficient (Wildman–Crippen LogP) is 1.68. The minimum Gasteiger partial charge on any atom is -0.295 e. The number of benzene rings is 2. The Morgan fingerprint density at radius 1 is 0.923 bits per heavy atom. The molecule has 0 saturated carbocycles. The Hall–Kier alpha value is -3.28. The number of hydrogen-bond donors (Lipinski definition) is 1. The van der Waals surface area contributed by atoms with Crippen LogP contribution in [-0.2, 0) is 16.0 Å². The number of hydrogen-bond acceptors (Lipinski definition) is 4. The molecule has 2 aromatic carbocycles. The van der Waals surface area contributed by atoms with Crippen molar-refractivity contribution in [2.24, 2.45) is 0 Å². The lowest BCUT2D eigenvalue weighted by molar-refractivity contribution is -0.136. The number of rotatable bonds is 3. The molecule has 0 aliphatic carbocycles. The second-order valence-electron chi connectivity index (χ2n) is 6.45. The standard InChI is InChI=1S/C20H16N2O4/c23-16-10-9-15(18(24)21-16)22-19(25)14-8-4-7-13(17(14)20(22)26)11-12-5-2-1-3-6-12/h1-8,15H,9-11H2,(H,21,23,24). The zero-order valence-electron chi connectivity index (χ0n) is 13.9. The Bertz CT molecular complexity index is 936. The first-order valence-corrected chi connectivity index (χ1v) is 8.43. The quantitative estimate of drug-likeness (QED) is 0.856. The first-order valence-electron chi connectivity index (χ1n) is 8.43. The highest BCUT2D eigenvalue weighted by Gasteiger charge is 2.45. The molecule has 0 radical (unpaired) electrons. The van der Waals surface area contributed by atoms with Crippen LogP contribution in [0.15, 0.2) is 48.5 Å². The molecule has 1 saturated heterocycles. The van der Waals surface area contributed by atoms with Gasteiger partial charge in [0, 0.05) is 6.42 Å². The van der Waals surface area contributed by atoms with Crippen LogP contribution >= 0.6 is 0 Å². The molecule has 6 heteroatoms. The van der Waals surface area contributed by atoms with Crippen LogP contribution in [0.2, 0.25) is 0 Å². The largest absolute Gasteiger partial charge is 0.295 e. The molecule has 130 valence electrons. The average Bonchev–Trinajstić information content (AvgIpc) is 2.88. The molecule has 1 unspecified atom stereocenters. The van der Waals surface area contributed by atoms with Gasteiger partial charge < -0.3 is 0 Å². The van der Waals surface area contributed by atoms with E-state index >= 15 is 0 Å². The molecule has 2 aromatic rings. The maximum absolute atomic E-state index is 13.0. The van der Waals surface area contributed by atoms with Crippen LogP contribution in [0.1, 0.15) is 44.7 Å². The Morgan fingerprint density at radius 3 is 2.42 bits per heavy atom. The summed E-state index contributed by atoms with van der Waals surface area (Å²) in [5.74, 6) is -1.92. The Balaban J connectivity index is 1.69. The number of nitrogens with one attached hydrogen (secondary N) is 1. The van der Waals surface area contributed by atoms with Gasteiger partial charge >= 0.3 is 0 Å². The van der Waals surface area contributed by atoms with Gasteiger partial charge in [0.1, 0.15) is 6.04 Å². The fourth-order valence-corrected chi connectivity index (χ4v) is 3.55. The number of amides is 4. The van der Waals surface area contributed by atoms with E-state index in [1.807, 2.05) is 36.4 Å². The van der Waals surface area contributed by atoms with Crippen LogP contribution < -0.4 is 5.32 Å². The van der Waals surface area contributed by atoms with Gasteiger partial charge in [0.15, 0.2) is 0 Å². The van der Waals surface area contributed by atoms with Crippen molar-refractivity contribution in [3.63, 3.8) is 0 Å². The lowest BCUT2D eigenvalue weighted by atomic mass is 9.97. The van der Waals surface area contributed by atoms with Crippen LogP contribution in [0.3, 0.4) is 0 Å². The van der Waals surface area contributed by atoms with Gasteiger partial charge in [-0.2, -0.15) is 0 Å². The van der Waals surface area contributed by atoms with E-state index in [0.717, 1.165) is 16.0 Å². The summed E-state index contributed by atoms with van der Waals surface area (Å²) < 4.78 is 0. The summed E-state index contributed by atoms with van der Waals surface area (Å²) in [5, 5.41) is 2.20. The van der Waals surface area contributed by atoms with Gasteiger partial charge in [0.05, 0.1) is 11.1 Å². The smallest absolute Gasteiger partial charge is 0.262 e. The van der Waals surface area contributed by atoms with Crippen molar-refractivity contribution in [2.45, 2.75) is 25.3 Å². The molecule has 2 aliphatic rings. The molecule has 4 amide bonds. The van der Waals surface area contributed by atoms with Crippen molar-refractivity contribution in [2.75, 3.05) is 0 Å². The molecular weight excluding hydrogens is 332 g/mol. The number of fused-ring (bicyclic) bond motifs is 1. The van der Waals surface area contributed by atoms with Crippen molar-refractivity contribution in [1.29, 1.82) is 0 Å². The molecule has 0 spiro atoms. The van der Waals surface area contributed by atoms with Crippen LogP contribution in [0.25, 0.3) is 0 Å². The molecule has 26 heavy (non-hydrogen) atoms. The Kier molecular flexibility index (Phi) is 3.88. The second kappa shape index (κ2) is 6.22. The fraction of sp³-hybridized carbons (Fsp3) is 0.200. The van der Waals surface area contributed by atoms with Gasteiger partial charge in [-0.3, -0.25) is 29.4 Å². The molecule has 1 atom stereocenters. The maximum Gasteiger partial charge on any atom is 0.262 e. The molecule has 4 rings (SSSR count). The van der Waals surface area contributed by atoms with Crippen molar-refractivity contribution in [3.8, 4) is 0 Å². The van der Waals surface area contributed by atoms with E-state index in [1.54, 1.807) is 12.1 Å². The van der Waals surface area contributed by atoms with Gasteiger partial charge in [-0.15, -0.1) is 0 Å². The van der Waals surface area contributed by atoms with Crippen molar-refractivity contribution >= 4 is 23.6 Å². The summed E-state index contributed by atoms with van der Waals surface area (Å²) in [6, 6.07) is 13.9. The van der Waals surface area contributed by atoms with Gasteiger partial charge in [0.2, 0.25) is 11.8 Å². The van der Waals surface area contributed by atoms with E-state index in [2.05, 4.69) is 5.32 Å². The van der Waals surface area contributed by atoms with Gasteiger partial charge in [0.25, 0.3) is 11.8 Å². The van der Waals surface area contributed by atoms with E-state index in [4.69, 9.17) is 0 Å². The lowest BCUT2D eigenvalue weighted by Crippen LogP contribution is -2.54. The summed E-state index contributed by atoms with van der Waals surface area (Å²) >= 11 is 0. The number of piperidine rings is 1. The molecule has 2 heterocycles. The molecule has 0 aromatic heterocycles. The van der Waals surface area contributed by atoms with Gasteiger partial charge in [-0.05, 0) is 30.0 Å². The summed E-state index contributed by atoms with van der Waals surface area (Å²) in [4.78, 5) is 50.2. The normalized spacial score (nSPS) is 19.5. The van der Waals surface area contributed by atoms with Crippen LogP contribution in [0.4, 0.5) is 0 Å². The topological polar surface area (TPSA) is 83.6 Å². The Labute approximate surface area is 149 Å². The van der Waals surface area contributed by atoms with E-state index in [9.17, 15) is 19.2 Å². The molecular formula is C20H16N2O4. The number of nitrogens with zero attached hydrogens (tertiary/aromatic N) is 1. The molecule has 1 fully saturated rings. The molecule has 0 bridgehead atoms. The third-order valence-corrected chi connectivity index (χ3v) is 4.79. The third kappa shape index (κ3) is 2.60. The number of carbonyl (C=O) groups is 4. The second-order valence-corrected chi connectivity index (χ2v) is 6.45. The first-order chi connectivity index (χ1) is 12.6.